The van der Waals surface area contributed by atoms with Crippen LogP contribution in [-0.4, -0.2) is 57.2 Å². The molecule has 4 rings (SSSR count). The van der Waals surface area contributed by atoms with Crippen molar-refractivity contribution in [1.82, 2.24) is 19.7 Å². The number of likely N-dealkylation sites (tertiary alicyclic amines) is 1. The highest BCUT2D eigenvalue weighted by molar-refractivity contribution is 5.92. The predicted octanol–water partition coefficient (Wildman–Crippen LogP) is 3.04. The van der Waals surface area contributed by atoms with Gasteiger partial charge in [-0.2, -0.15) is 5.10 Å². The Bertz CT molecular complexity index is 1030. The summed E-state index contributed by atoms with van der Waals surface area (Å²) in [5, 5.41) is 5.96. The smallest absolute Gasteiger partial charge is 0.251 e. The van der Waals surface area contributed by atoms with Crippen molar-refractivity contribution in [2.75, 3.05) is 19.6 Å². The van der Waals surface area contributed by atoms with Gasteiger partial charge in [-0.15, -0.1) is 0 Å². The van der Waals surface area contributed by atoms with Crippen molar-refractivity contribution < 1.29 is 18.0 Å². The molecule has 1 aromatic carbocycles. The number of ketones is 1. The quantitative estimate of drug-likeness (QED) is 0.651. The largest absolute Gasteiger partial charge is 0.296 e. The molecule has 28 heavy (non-hydrogen) atoms. The van der Waals surface area contributed by atoms with Crippen molar-refractivity contribution in [2.45, 2.75) is 18.5 Å². The van der Waals surface area contributed by atoms with E-state index in [1.165, 1.54) is 4.90 Å². The van der Waals surface area contributed by atoms with Gasteiger partial charge in [0.25, 0.3) is 6.43 Å². The number of alkyl halides is 3. The Balaban J connectivity index is 1.50. The van der Waals surface area contributed by atoms with E-state index >= 15 is 0 Å². The van der Waals surface area contributed by atoms with Crippen LogP contribution in [0.1, 0.15) is 5.69 Å². The fourth-order valence-corrected chi connectivity index (χ4v) is 3.52. The number of carbonyl (C=O) groups excluding carboxylic acids is 1. The van der Waals surface area contributed by atoms with Crippen LogP contribution in [0.5, 0.6) is 0 Å². The number of aryl methyl sites for hydroxylation is 1. The molecule has 0 amide bonds. The maximum Gasteiger partial charge on any atom is 0.251 e. The third-order valence-electron chi connectivity index (χ3n) is 5.00. The minimum absolute atomic E-state index is 0.161. The molecule has 146 valence electrons. The van der Waals surface area contributed by atoms with Gasteiger partial charge in [0.15, 0.2) is 11.5 Å². The first-order chi connectivity index (χ1) is 13.3. The summed E-state index contributed by atoms with van der Waals surface area (Å²) in [6.07, 6.45) is 2.63. The highest BCUT2D eigenvalue weighted by Crippen LogP contribution is 2.29. The Morgan fingerprint density at radius 3 is 2.64 bits per heavy atom. The van der Waals surface area contributed by atoms with E-state index in [0.717, 1.165) is 21.9 Å². The number of halogens is 3. The maximum atomic E-state index is 14.6. The molecule has 0 bridgehead atoms. The molecule has 0 aliphatic carbocycles. The van der Waals surface area contributed by atoms with Crippen molar-refractivity contribution in [3.8, 4) is 11.1 Å². The van der Waals surface area contributed by atoms with Gasteiger partial charge < -0.3 is 0 Å². The number of fused-ring (bicyclic) bond motifs is 1. The lowest BCUT2D eigenvalue weighted by Gasteiger charge is -2.43. The monoisotopic (exact) mass is 388 g/mol. The SMILES string of the molecule is Cn1cc(-c2ccc3cnc(CC(=O)C4(F)CN(CC(F)F)C4)cc3c2)cn1. The van der Waals surface area contributed by atoms with Crippen molar-refractivity contribution in [2.24, 2.45) is 7.05 Å². The second-order valence-electron chi connectivity index (χ2n) is 7.27. The van der Waals surface area contributed by atoms with Crippen molar-refractivity contribution in [1.29, 1.82) is 0 Å². The zero-order chi connectivity index (χ0) is 19.9. The lowest BCUT2D eigenvalue weighted by Crippen LogP contribution is -2.64. The molecule has 0 spiro atoms. The standard InChI is InChI=1S/C20H19F3N4O/c1-26-9-16(8-25-26)13-2-3-14-7-24-17(5-15(14)4-13)6-18(28)20(23)11-27(12-20)10-19(21)22/h2-5,7-9,19H,6,10-12H2,1H3. The van der Waals surface area contributed by atoms with Crippen LogP contribution in [0.4, 0.5) is 13.2 Å². The maximum absolute atomic E-state index is 14.6. The Morgan fingerprint density at radius 2 is 1.96 bits per heavy atom. The molecule has 1 fully saturated rings. The summed E-state index contributed by atoms with van der Waals surface area (Å²) in [6, 6.07) is 7.64. The number of pyridine rings is 1. The third kappa shape index (κ3) is 3.64. The van der Waals surface area contributed by atoms with Gasteiger partial charge in [0.05, 0.1) is 19.2 Å². The number of Topliss-reactive ketones (excluding diaryl/α,β-unsaturated/α-hetero) is 1. The van der Waals surface area contributed by atoms with Gasteiger partial charge in [-0.1, -0.05) is 12.1 Å². The van der Waals surface area contributed by atoms with Crippen LogP contribution in [0.25, 0.3) is 21.9 Å². The summed E-state index contributed by atoms with van der Waals surface area (Å²) >= 11 is 0. The van der Waals surface area contributed by atoms with E-state index in [2.05, 4.69) is 10.1 Å². The highest BCUT2D eigenvalue weighted by atomic mass is 19.3. The van der Waals surface area contributed by atoms with Crippen LogP contribution in [0.2, 0.25) is 0 Å². The molecule has 8 heteroatoms. The normalized spacial score (nSPS) is 16.5. The molecule has 1 aliphatic rings. The Hall–Kier alpha value is -2.74. The molecule has 0 saturated carbocycles. The first-order valence-corrected chi connectivity index (χ1v) is 8.93. The molecule has 0 unspecified atom stereocenters. The van der Waals surface area contributed by atoms with Gasteiger partial charge in [0.1, 0.15) is 0 Å². The average Bonchev–Trinajstić information content (AvgIpc) is 3.05. The van der Waals surface area contributed by atoms with Crippen LogP contribution in [0.3, 0.4) is 0 Å². The molecular weight excluding hydrogens is 369 g/mol. The average molecular weight is 388 g/mol. The van der Waals surface area contributed by atoms with Crippen molar-refractivity contribution >= 4 is 16.6 Å². The van der Waals surface area contributed by atoms with Gasteiger partial charge in [0.2, 0.25) is 0 Å². The molecule has 0 radical (unpaired) electrons. The molecule has 5 nitrogen and oxygen atoms in total. The number of aromatic nitrogens is 3. The van der Waals surface area contributed by atoms with Gasteiger partial charge in [-0.05, 0) is 23.1 Å². The van der Waals surface area contributed by atoms with Crippen LogP contribution in [0, 0.1) is 0 Å². The van der Waals surface area contributed by atoms with Crippen LogP contribution in [0.15, 0.2) is 42.9 Å². The summed E-state index contributed by atoms with van der Waals surface area (Å²) in [5.74, 6) is -0.617. The minimum Gasteiger partial charge on any atom is -0.296 e. The Labute approximate surface area is 159 Å². The van der Waals surface area contributed by atoms with Crippen LogP contribution in [-0.2, 0) is 18.3 Å². The van der Waals surface area contributed by atoms with Gasteiger partial charge >= 0.3 is 0 Å². The van der Waals surface area contributed by atoms with Gasteiger partial charge in [0, 0.05) is 49.2 Å². The summed E-state index contributed by atoms with van der Waals surface area (Å²) in [5.41, 5.74) is 0.344. The molecule has 0 N–H and O–H groups in total. The van der Waals surface area contributed by atoms with E-state index in [9.17, 15) is 18.0 Å². The zero-order valence-electron chi connectivity index (χ0n) is 15.3. The predicted molar refractivity (Wildman–Crippen MR) is 98.9 cm³/mol. The summed E-state index contributed by atoms with van der Waals surface area (Å²) < 4.78 is 41.0. The van der Waals surface area contributed by atoms with E-state index in [0.29, 0.717) is 5.69 Å². The fraction of sp³-hybridized carbons (Fsp3) is 0.350. The highest BCUT2D eigenvalue weighted by Gasteiger charge is 2.49. The Morgan fingerprint density at radius 1 is 1.18 bits per heavy atom. The summed E-state index contributed by atoms with van der Waals surface area (Å²) in [7, 11) is 1.84. The van der Waals surface area contributed by atoms with Gasteiger partial charge in [-0.3, -0.25) is 19.4 Å². The lowest BCUT2D eigenvalue weighted by molar-refractivity contribution is -0.144. The molecule has 0 atom stereocenters. The van der Waals surface area contributed by atoms with Crippen LogP contribution < -0.4 is 0 Å². The topological polar surface area (TPSA) is 51.0 Å². The first-order valence-electron chi connectivity index (χ1n) is 8.93. The first kappa shape index (κ1) is 18.6. The molecule has 3 heterocycles. The summed E-state index contributed by atoms with van der Waals surface area (Å²) in [4.78, 5) is 17.8. The number of carbonyl (C=O) groups is 1. The summed E-state index contributed by atoms with van der Waals surface area (Å²) in [6.45, 7) is -1.08. The number of hydrogen-bond donors (Lipinski definition) is 0. The van der Waals surface area contributed by atoms with E-state index in [-0.39, 0.29) is 19.5 Å². The molecule has 3 aromatic rings. The van der Waals surface area contributed by atoms with E-state index in [1.54, 1.807) is 23.1 Å². The second kappa shape index (κ2) is 7.01. The van der Waals surface area contributed by atoms with Crippen molar-refractivity contribution in [3.05, 3.63) is 48.5 Å². The molecule has 1 aliphatic heterocycles. The zero-order valence-corrected chi connectivity index (χ0v) is 15.3. The number of hydrogen-bond acceptors (Lipinski definition) is 4. The molecule has 1 saturated heterocycles. The Kier molecular flexibility index (Phi) is 4.66. The lowest BCUT2D eigenvalue weighted by atomic mass is 9.88. The number of benzene rings is 1. The fourth-order valence-electron chi connectivity index (χ4n) is 3.52. The number of rotatable bonds is 6. The number of nitrogens with zero attached hydrogens (tertiary/aromatic N) is 4. The van der Waals surface area contributed by atoms with Crippen LogP contribution >= 0.6 is 0 Å². The minimum atomic E-state index is -2.53. The third-order valence-corrected chi connectivity index (χ3v) is 5.00. The van der Waals surface area contributed by atoms with E-state index in [1.807, 2.05) is 31.4 Å². The molecule has 2 aromatic heterocycles. The van der Waals surface area contributed by atoms with Gasteiger partial charge in [-0.25, -0.2) is 13.2 Å². The second-order valence-corrected chi connectivity index (χ2v) is 7.27. The van der Waals surface area contributed by atoms with E-state index < -0.39 is 24.4 Å². The molecular formula is C20H19F3N4O. The van der Waals surface area contributed by atoms with E-state index in [4.69, 9.17) is 0 Å². The van der Waals surface area contributed by atoms with Crippen molar-refractivity contribution in [3.63, 3.8) is 0 Å².